The second-order valence-electron chi connectivity index (χ2n) is 3.51. The Hall–Kier alpha value is -3.03. The van der Waals surface area contributed by atoms with E-state index < -0.39 is 21.2 Å². The molecule has 1 aromatic heterocycles. The first kappa shape index (κ1) is 12.4. The number of hydrogen-bond donors (Lipinski definition) is 0. The topological polar surface area (TPSA) is 116 Å². The van der Waals surface area contributed by atoms with E-state index >= 15 is 0 Å². The number of benzene rings is 1. The van der Waals surface area contributed by atoms with Crippen molar-refractivity contribution in [3.05, 3.63) is 56.3 Å². The Morgan fingerprint density at radius 3 is 2.00 bits per heavy atom. The number of nitrogens with zero attached hydrogens (tertiary/aromatic N) is 2. The highest BCUT2D eigenvalue weighted by atomic mass is 16.6. The molecule has 2 aromatic rings. The summed E-state index contributed by atoms with van der Waals surface area (Å²) < 4.78 is 5.02. The molecule has 2 rings (SSSR count). The van der Waals surface area contributed by atoms with E-state index in [1.165, 1.54) is 18.2 Å². The number of rotatable bonds is 4. The van der Waals surface area contributed by atoms with Gasteiger partial charge in [0.1, 0.15) is 5.76 Å². The van der Waals surface area contributed by atoms with Gasteiger partial charge in [0, 0.05) is 12.1 Å². The Morgan fingerprint density at radius 2 is 1.58 bits per heavy atom. The van der Waals surface area contributed by atoms with E-state index in [2.05, 4.69) is 0 Å². The number of nitro groups is 2. The summed E-state index contributed by atoms with van der Waals surface area (Å²) in [6.45, 7) is 0. The van der Waals surface area contributed by atoms with Gasteiger partial charge in [-0.15, -0.1) is 0 Å². The van der Waals surface area contributed by atoms with Gasteiger partial charge in [-0.25, -0.2) is 0 Å². The van der Waals surface area contributed by atoms with Crippen LogP contribution in [-0.2, 0) is 0 Å². The molecule has 1 aromatic carbocycles. The molecule has 0 fully saturated rings. The highest BCUT2D eigenvalue weighted by Crippen LogP contribution is 2.38. The van der Waals surface area contributed by atoms with Crippen LogP contribution in [0, 0.1) is 20.2 Å². The van der Waals surface area contributed by atoms with Crippen LogP contribution in [0.25, 0.3) is 11.3 Å². The van der Waals surface area contributed by atoms with Crippen molar-refractivity contribution in [3.63, 3.8) is 0 Å². The van der Waals surface area contributed by atoms with Gasteiger partial charge >= 0.3 is 0 Å². The van der Waals surface area contributed by atoms with Gasteiger partial charge in [0.25, 0.3) is 11.4 Å². The molecule has 0 bridgehead atoms. The van der Waals surface area contributed by atoms with Gasteiger partial charge in [-0.3, -0.25) is 25.0 Å². The maximum Gasteiger partial charge on any atom is 0.287 e. The maximum absolute atomic E-state index is 10.9. The Balaban J connectivity index is 2.74. The zero-order valence-electron chi connectivity index (χ0n) is 9.31. The second kappa shape index (κ2) is 4.69. The van der Waals surface area contributed by atoms with Gasteiger partial charge in [-0.1, -0.05) is 0 Å². The molecule has 0 aliphatic heterocycles. The van der Waals surface area contributed by atoms with Crippen molar-refractivity contribution in [2.75, 3.05) is 0 Å². The molecule has 96 valence electrons. The zero-order chi connectivity index (χ0) is 14.0. The molecule has 0 atom stereocenters. The molecule has 0 radical (unpaired) electrons. The van der Waals surface area contributed by atoms with Gasteiger partial charge < -0.3 is 4.42 Å². The van der Waals surface area contributed by atoms with Gasteiger partial charge in [0.05, 0.1) is 9.85 Å². The van der Waals surface area contributed by atoms with Crippen LogP contribution in [0.15, 0.2) is 34.7 Å². The molecule has 8 heteroatoms. The molecule has 0 spiro atoms. The van der Waals surface area contributed by atoms with Gasteiger partial charge in [0.15, 0.2) is 17.6 Å². The fourth-order valence-corrected chi connectivity index (χ4v) is 1.64. The van der Waals surface area contributed by atoms with Crippen molar-refractivity contribution >= 4 is 17.7 Å². The fourth-order valence-electron chi connectivity index (χ4n) is 1.64. The predicted octanol–water partition coefficient (Wildman–Crippen LogP) is 2.58. The first-order valence-electron chi connectivity index (χ1n) is 5.01. The van der Waals surface area contributed by atoms with Crippen molar-refractivity contribution in [2.45, 2.75) is 0 Å². The SMILES string of the molecule is O=Cc1ccc(-c2c([N+](=O)[O-])cccc2[N+](=O)[O-])o1. The summed E-state index contributed by atoms with van der Waals surface area (Å²) in [6, 6.07) is 6.03. The summed E-state index contributed by atoms with van der Waals surface area (Å²) in [4.78, 5) is 30.9. The molecule has 8 nitrogen and oxygen atoms in total. The average molecular weight is 262 g/mol. The minimum absolute atomic E-state index is 0.0672. The van der Waals surface area contributed by atoms with E-state index in [9.17, 15) is 25.0 Å². The van der Waals surface area contributed by atoms with Crippen molar-refractivity contribution in [1.82, 2.24) is 0 Å². The van der Waals surface area contributed by atoms with Crippen LogP contribution in [0.1, 0.15) is 10.6 Å². The summed E-state index contributed by atoms with van der Waals surface area (Å²) in [5.74, 6) is -0.163. The summed E-state index contributed by atoms with van der Waals surface area (Å²) >= 11 is 0. The maximum atomic E-state index is 10.9. The Bertz CT molecular complexity index is 643. The lowest BCUT2D eigenvalue weighted by Gasteiger charge is -2.01. The minimum atomic E-state index is -0.745. The summed E-state index contributed by atoms with van der Waals surface area (Å²) in [7, 11) is 0. The summed E-state index contributed by atoms with van der Waals surface area (Å²) in [5.41, 5.74) is -1.17. The highest BCUT2D eigenvalue weighted by Gasteiger charge is 2.28. The first-order chi connectivity index (χ1) is 9.04. The molecule has 0 aliphatic carbocycles. The second-order valence-corrected chi connectivity index (χ2v) is 3.51. The fraction of sp³-hybridized carbons (Fsp3) is 0. The number of aldehydes is 1. The highest BCUT2D eigenvalue weighted by molar-refractivity contribution is 5.81. The third kappa shape index (κ3) is 2.18. The molecular formula is C11H6N2O6. The summed E-state index contributed by atoms with van der Waals surface area (Å²) in [5, 5.41) is 21.8. The molecule has 0 saturated carbocycles. The predicted molar refractivity (Wildman–Crippen MR) is 62.8 cm³/mol. The van der Waals surface area contributed by atoms with Crippen LogP contribution in [0.3, 0.4) is 0 Å². The quantitative estimate of drug-likeness (QED) is 0.474. The minimum Gasteiger partial charge on any atom is -0.453 e. The number of carbonyl (C=O) groups is 1. The van der Waals surface area contributed by atoms with E-state index in [1.54, 1.807) is 0 Å². The van der Waals surface area contributed by atoms with Crippen LogP contribution >= 0.6 is 0 Å². The first-order valence-corrected chi connectivity index (χ1v) is 5.01. The lowest BCUT2D eigenvalue weighted by molar-refractivity contribution is -0.392. The van der Waals surface area contributed by atoms with Crippen molar-refractivity contribution in [2.24, 2.45) is 0 Å². The van der Waals surface area contributed by atoms with E-state index in [1.807, 2.05) is 0 Å². The molecule has 0 N–H and O–H groups in total. The largest absolute Gasteiger partial charge is 0.453 e. The number of carbonyl (C=O) groups excluding carboxylic acids is 1. The number of nitro benzene ring substituents is 2. The molecule has 0 aliphatic rings. The smallest absolute Gasteiger partial charge is 0.287 e. The van der Waals surface area contributed by atoms with Crippen LogP contribution in [0.5, 0.6) is 0 Å². The van der Waals surface area contributed by atoms with Crippen molar-refractivity contribution in [1.29, 1.82) is 0 Å². The van der Waals surface area contributed by atoms with Crippen LogP contribution in [-0.4, -0.2) is 16.1 Å². The average Bonchev–Trinajstić information content (AvgIpc) is 2.86. The summed E-state index contributed by atoms with van der Waals surface area (Å²) in [6.07, 6.45) is 0.407. The number of hydrogen-bond acceptors (Lipinski definition) is 6. The van der Waals surface area contributed by atoms with Crippen molar-refractivity contribution in [3.8, 4) is 11.3 Å². The van der Waals surface area contributed by atoms with Gasteiger partial charge in [0.2, 0.25) is 0 Å². The lowest BCUT2D eigenvalue weighted by atomic mass is 10.1. The third-order valence-corrected chi connectivity index (χ3v) is 2.40. The zero-order valence-corrected chi connectivity index (χ0v) is 9.31. The molecule has 19 heavy (non-hydrogen) atoms. The van der Waals surface area contributed by atoms with Gasteiger partial charge in [-0.2, -0.15) is 0 Å². The Morgan fingerprint density at radius 1 is 1.00 bits per heavy atom. The van der Waals surface area contributed by atoms with Gasteiger partial charge in [-0.05, 0) is 18.2 Å². The third-order valence-electron chi connectivity index (χ3n) is 2.40. The van der Waals surface area contributed by atoms with E-state index in [0.717, 1.165) is 12.1 Å². The van der Waals surface area contributed by atoms with Crippen LogP contribution in [0.4, 0.5) is 11.4 Å². The molecule has 0 amide bonds. The monoisotopic (exact) mass is 262 g/mol. The molecule has 0 unspecified atom stereocenters. The normalized spacial score (nSPS) is 10.1. The Kier molecular flexibility index (Phi) is 3.06. The van der Waals surface area contributed by atoms with Crippen LogP contribution < -0.4 is 0 Å². The molecule has 0 saturated heterocycles. The van der Waals surface area contributed by atoms with Crippen LogP contribution in [0.2, 0.25) is 0 Å². The van der Waals surface area contributed by atoms with Crippen molar-refractivity contribution < 1.29 is 19.1 Å². The number of furan rings is 1. The lowest BCUT2D eigenvalue weighted by Crippen LogP contribution is -1.97. The standard InChI is InChI=1S/C11H6N2O6/c14-6-7-4-5-10(19-7)11-8(12(15)16)2-1-3-9(11)13(17)18/h1-6H. The Labute approximate surface area is 105 Å². The molecule has 1 heterocycles. The van der Waals surface area contributed by atoms with E-state index in [-0.39, 0.29) is 17.1 Å². The van der Waals surface area contributed by atoms with E-state index in [4.69, 9.17) is 4.42 Å². The van der Waals surface area contributed by atoms with E-state index in [0.29, 0.717) is 6.29 Å². The molecular weight excluding hydrogens is 256 g/mol.